The number of carbonyl (C=O) groups excluding carboxylic acids is 3. The molecule has 2 rings (SSSR count). The van der Waals surface area contributed by atoms with Crippen LogP contribution in [0.15, 0.2) is 42.6 Å². The Morgan fingerprint density at radius 1 is 1.23 bits per heavy atom. The Hall–Kier alpha value is -2.89. The highest BCUT2D eigenvalue weighted by Crippen LogP contribution is 2.16. The molecule has 1 heterocycles. The van der Waals surface area contributed by atoms with Crippen molar-refractivity contribution in [2.45, 2.75) is 13.5 Å². The van der Waals surface area contributed by atoms with E-state index >= 15 is 0 Å². The molecule has 0 unspecified atom stereocenters. The van der Waals surface area contributed by atoms with Crippen LogP contribution >= 0.6 is 0 Å². The Bertz CT molecular complexity index is 691. The van der Waals surface area contributed by atoms with Gasteiger partial charge in [-0.1, -0.05) is 12.1 Å². The van der Waals surface area contributed by atoms with E-state index in [0.29, 0.717) is 23.2 Å². The predicted octanol–water partition coefficient (Wildman–Crippen LogP) is 2.12. The number of hydrogen-bond acceptors (Lipinski definition) is 4. The molecule has 6 heteroatoms. The zero-order chi connectivity index (χ0) is 15.9. The van der Waals surface area contributed by atoms with Crippen molar-refractivity contribution < 1.29 is 19.1 Å². The SMILES string of the molecule is CCOC(=O)c1ccccc1NC(=O)Cn1cccc1C=O. The fourth-order valence-electron chi connectivity index (χ4n) is 2.00. The summed E-state index contributed by atoms with van der Waals surface area (Å²) in [7, 11) is 0. The van der Waals surface area contributed by atoms with Crippen LogP contribution in [0.5, 0.6) is 0 Å². The monoisotopic (exact) mass is 300 g/mol. The number of hydrogen-bond donors (Lipinski definition) is 1. The van der Waals surface area contributed by atoms with Gasteiger partial charge in [0.2, 0.25) is 5.91 Å². The highest BCUT2D eigenvalue weighted by atomic mass is 16.5. The normalized spacial score (nSPS) is 10.0. The molecule has 114 valence electrons. The lowest BCUT2D eigenvalue weighted by molar-refractivity contribution is -0.116. The van der Waals surface area contributed by atoms with Gasteiger partial charge in [0, 0.05) is 6.20 Å². The van der Waals surface area contributed by atoms with E-state index in [1.165, 1.54) is 4.57 Å². The molecule has 0 atom stereocenters. The first-order valence-electron chi connectivity index (χ1n) is 6.82. The van der Waals surface area contributed by atoms with Crippen molar-refractivity contribution in [1.82, 2.24) is 4.57 Å². The first kappa shape index (κ1) is 15.5. The lowest BCUT2D eigenvalue weighted by Crippen LogP contribution is -2.21. The van der Waals surface area contributed by atoms with Crippen LogP contribution in [0, 0.1) is 0 Å². The fourth-order valence-corrected chi connectivity index (χ4v) is 2.00. The summed E-state index contributed by atoms with van der Waals surface area (Å²) in [5, 5.41) is 2.66. The number of benzene rings is 1. The molecule has 0 fully saturated rings. The molecule has 0 aliphatic rings. The maximum absolute atomic E-state index is 12.1. The van der Waals surface area contributed by atoms with Crippen LogP contribution in [0.3, 0.4) is 0 Å². The van der Waals surface area contributed by atoms with E-state index in [1.807, 2.05) is 0 Å². The number of esters is 1. The second kappa shape index (κ2) is 7.21. The van der Waals surface area contributed by atoms with Crippen molar-refractivity contribution in [3.8, 4) is 0 Å². The third-order valence-electron chi connectivity index (χ3n) is 3.00. The number of para-hydroxylation sites is 1. The molecule has 0 aliphatic heterocycles. The number of carbonyl (C=O) groups is 3. The van der Waals surface area contributed by atoms with Gasteiger partial charge in [-0.25, -0.2) is 4.79 Å². The van der Waals surface area contributed by atoms with E-state index in [2.05, 4.69) is 5.32 Å². The van der Waals surface area contributed by atoms with Crippen LogP contribution < -0.4 is 5.32 Å². The summed E-state index contributed by atoms with van der Waals surface area (Å²) in [6, 6.07) is 9.92. The highest BCUT2D eigenvalue weighted by molar-refractivity contribution is 6.01. The largest absolute Gasteiger partial charge is 0.462 e. The Morgan fingerprint density at radius 3 is 2.73 bits per heavy atom. The molecule has 1 aromatic carbocycles. The van der Waals surface area contributed by atoms with E-state index < -0.39 is 5.97 Å². The van der Waals surface area contributed by atoms with Gasteiger partial charge < -0.3 is 14.6 Å². The number of anilines is 1. The molecule has 0 saturated heterocycles. The summed E-state index contributed by atoms with van der Waals surface area (Å²) >= 11 is 0. The smallest absolute Gasteiger partial charge is 0.340 e. The topological polar surface area (TPSA) is 77.4 Å². The minimum absolute atomic E-state index is 0.0156. The van der Waals surface area contributed by atoms with Gasteiger partial charge in [-0.2, -0.15) is 0 Å². The number of rotatable bonds is 6. The van der Waals surface area contributed by atoms with E-state index in [1.54, 1.807) is 49.5 Å². The van der Waals surface area contributed by atoms with Crippen LogP contribution in [0.25, 0.3) is 0 Å². The van der Waals surface area contributed by atoms with E-state index in [0.717, 1.165) is 0 Å². The average molecular weight is 300 g/mol. The summed E-state index contributed by atoms with van der Waals surface area (Å²) in [6.07, 6.45) is 2.32. The predicted molar refractivity (Wildman–Crippen MR) is 80.8 cm³/mol. The van der Waals surface area contributed by atoms with Gasteiger partial charge in [0.15, 0.2) is 6.29 Å². The molecule has 0 aliphatic carbocycles. The number of nitrogens with one attached hydrogen (secondary N) is 1. The summed E-state index contributed by atoms with van der Waals surface area (Å²) in [5.41, 5.74) is 1.08. The lowest BCUT2D eigenvalue weighted by Gasteiger charge is -2.11. The van der Waals surface area contributed by atoms with Gasteiger partial charge >= 0.3 is 5.97 Å². The number of nitrogens with zero attached hydrogens (tertiary/aromatic N) is 1. The summed E-state index contributed by atoms with van der Waals surface area (Å²) < 4.78 is 6.47. The maximum Gasteiger partial charge on any atom is 0.340 e. The Labute approximate surface area is 127 Å². The number of amides is 1. The highest BCUT2D eigenvalue weighted by Gasteiger charge is 2.14. The first-order chi connectivity index (χ1) is 10.7. The zero-order valence-electron chi connectivity index (χ0n) is 12.1. The van der Waals surface area contributed by atoms with Crippen molar-refractivity contribution in [3.63, 3.8) is 0 Å². The second-order valence-corrected chi connectivity index (χ2v) is 4.49. The standard InChI is InChI=1S/C16H16N2O4/c1-2-22-16(21)13-7-3-4-8-14(13)17-15(20)10-18-9-5-6-12(18)11-19/h3-9,11H,2,10H2,1H3,(H,17,20). The van der Waals surface area contributed by atoms with Gasteiger partial charge in [0.1, 0.15) is 6.54 Å². The molecular formula is C16H16N2O4. The van der Waals surface area contributed by atoms with Gasteiger partial charge in [0.25, 0.3) is 0 Å². The third-order valence-corrected chi connectivity index (χ3v) is 3.00. The van der Waals surface area contributed by atoms with Crippen LogP contribution in [0.4, 0.5) is 5.69 Å². The first-order valence-corrected chi connectivity index (χ1v) is 6.82. The van der Waals surface area contributed by atoms with Crippen molar-refractivity contribution >= 4 is 23.9 Å². The zero-order valence-corrected chi connectivity index (χ0v) is 12.1. The van der Waals surface area contributed by atoms with Crippen LogP contribution in [0.2, 0.25) is 0 Å². The molecule has 0 spiro atoms. The van der Waals surface area contributed by atoms with E-state index in [4.69, 9.17) is 4.74 Å². The fraction of sp³-hybridized carbons (Fsp3) is 0.188. The van der Waals surface area contributed by atoms with Crippen LogP contribution in [0.1, 0.15) is 27.8 Å². The van der Waals surface area contributed by atoms with Crippen molar-refractivity contribution in [1.29, 1.82) is 0 Å². The van der Waals surface area contributed by atoms with Crippen LogP contribution in [-0.2, 0) is 16.1 Å². The Balaban J connectivity index is 2.12. The molecule has 0 radical (unpaired) electrons. The summed E-state index contributed by atoms with van der Waals surface area (Å²) in [4.78, 5) is 34.7. The van der Waals surface area contributed by atoms with Gasteiger partial charge in [-0.05, 0) is 31.2 Å². The van der Waals surface area contributed by atoms with E-state index in [9.17, 15) is 14.4 Å². The minimum atomic E-state index is -0.493. The van der Waals surface area contributed by atoms with Gasteiger partial charge in [-0.15, -0.1) is 0 Å². The Morgan fingerprint density at radius 2 is 2.00 bits per heavy atom. The molecule has 1 amide bonds. The number of aldehydes is 1. The summed E-state index contributed by atoms with van der Waals surface area (Å²) in [5.74, 6) is -0.830. The average Bonchev–Trinajstić information content (AvgIpc) is 2.95. The molecule has 1 N–H and O–H groups in total. The van der Waals surface area contributed by atoms with Crippen LogP contribution in [-0.4, -0.2) is 29.3 Å². The van der Waals surface area contributed by atoms with Crippen molar-refractivity contribution in [2.24, 2.45) is 0 Å². The Kier molecular flexibility index (Phi) is 5.08. The molecule has 0 saturated carbocycles. The van der Waals surface area contributed by atoms with Crippen molar-refractivity contribution in [3.05, 3.63) is 53.9 Å². The maximum atomic E-state index is 12.1. The number of aromatic nitrogens is 1. The third kappa shape index (κ3) is 3.60. The van der Waals surface area contributed by atoms with Crippen molar-refractivity contribution in [2.75, 3.05) is 11.9 Å². The quantitative estimate of drug-likeness (QED) is 0.655. The molecule has 22 heavy (non-hydrogen) atoms. The molecule has 0 bridgehead atoms. The van der Waals surface area contributed by atoms with E-state index in [-0.39, 0.29) is 19.1 Å². The summed E-state index contributed by atoms with van der Waals surface area (Å²) in [6.45, 7) is 1.96. The number of ether oxygens (including phenoxy) is 1. The molecular weight excluding hydrogens is 284 g/mol. The molecule has 2 aromatic rings. The second-order valence-electron chi connectivity index (χ2n) is 4.49. The molecule has 6 nitrogen and oxygen atoms in total. The van der Waals surface area contributed by atoms with Gasteiger partial charge in [-0.3, -0.25) is 9.59 Å². The minimum Gasteiger partial charge on any atom is -0.462 e. The molecule has 1 aromatic heterocycles. The lowest BCUT2D eigenvalue weighted by atomic mass is 10.2. The van der Waals surface area contributed by atoms with Gasteiger partial charge in [0.05, 0.1) is 23.6 Å².